The van der Waals surface area contributed by atoms with Gasteiger partial charge in [-0.05, 0) is 68.7 Å². The van der Waals surface area contributed by atoms with Crippen LogP contribution in [0.5, 0.6) is 0 Å². The highest BCUT2D eigenvalue weighted by Crippen LogP contribution is 2.17. The normalized spacial score (nSPS) is 12.0. The fraction of sp³-hybridized carbons (Fsp3) is 0.318. The zero-order valence-electron chi connectivity index (χ0n) is 18.4. The zero-order chi connectivity index (χ0) is 23.9. The van der Waals surface area contributed by atoms with E-state index in [1.807, 2.05) is 26.8 Å². The number of anilines is 1. The lowest BCUT2D eigenvalue weighted by Gasteiger charge is -2.12. The van der Waals surface area contributed by atoms with E-state index in [2.05, 4.69) is 15.4 Å². The third-order valence-electron chi connectivity index (χ3n) is 4.81. The third kappa shape index (κ3) is 6.89. The first-order chi connectivity index (χ1) is 15.0. The molecule has 3 N–H and O–H groups in total. The molecule has 3 amide bonds. The van der Waals surface area contributed by atoms with E-state index in [4.69, 9.17) is 4.74 Å². The minimum absolute atomic E-state index is 0.00945. The lowest BCUT2D eigenvalue weighted by Crippen LogP contribution is -2.37. The molecule has 9 nitrogen and oxygen atoms in total. The Morgan fingerprint density at radius 3 is 2.31 bits per heavy atom. The highest BCUT2D eigenvalue weighted by atomic mass is 32.2. The first-order valence-electron chi connectivity index (χ1n) is 10.00. The second-order valence-corrected chi connectivity index (χ2v) is 8.99. The monoisotopic (exact) mass is 461 g/mol. The topological polar surface area (TPSA) is 131 Å². The maximum atomic E-state index is 12.3. The molecular formula is C22H27N3O6S. The predicted molar refractivity (Wildman–Crippen MR) is 120 cm³/mol. The van der Waals surface area contributed by atoms with Crippen molar-refractivity contribution in [3.63, 3.8) is 0 Å². The Morgan fingerprint density at radius 2 is 1.69 bits per heavy atom. The van der Waals surface area contributed by atoms with Gasteiger partial charge in [-0.15, -0.1) is 0 Å². The van der Waals surface area contributed by atoms with Gasteiger partial charge in [0, 0.05) is 11.7 Å². The molecule has 2 aromatic carbocycles. The number of esters is 1. The Kier molecular flexibility index (Phi) is 8.50. The first kappa shape index (κ1) is 25.0. The van der Waals surface area contributed by atoms with Crippen LogP contribution in [0.4, 0.5) is 10.5 Å². The molecule has 172 valence electrons. The Bertz CT molecular complexity index is 1100. The van der Waals surface area contributed by atoms with Gasteiger partial charge in [0.2, 0.25) is 10.0 Å². The van der Waals surface area contributed by atoms with Crippen LogP contribution >= 0.6 is 0 Å². The molecule has 0 radical (unpaired) electrons. The molecule has 0 fully saturated rings. The molecule has 32 heavy (non-hydrogen) atoms. The van der Waals surface area contributed by atoms with Crippen molar-refractivity contribution in [3.8, 4) is 0 Å². The number of hydrogen-bond donors (Lipinski definition) is 3. The number of sulfonamides is 1. The average molecular weight is 462 g/mol. The summed E-state index contributed by atoms with van der Waals surface area (Å²) in [7, 11) is -3.70. The van der Waals surface area contributed by atoms with E-state index in [1.165, 1.54) is 24.3 Å². The van der Waals surface area contributed by atoms with Crippen LogP contribution in [0.1, 0.15) is 41.8 Å². The van der Waals surface area contributed by atoms with Gasteiger partial charge in [-0.2, -0.15) is 0 Å². The van der Waals surface area contributed by atoms with Crippen molar-refractivity contribution in [2.75, 3.05) is 11.9 Å². The number of ether oxygens (including phenoxy) is 1. The maximum absolute atomic E-state index is 12.3. The summed E-state index contributed by atoms with van der Waals surface area (Å²) in [5, 5.41) is 4.65. The van der Waals surface area contributed by atoms with E-state index < -0.39 is 34.5 Å². The summed E-state index contributed by atoms with van der Waals surface area (Å²) in [5.74, 6) is -1.63. The second kappa shape index (κ2) is 10.9. The number of amides is 3. The summed E-state index contributed by atoms with van der Waals surface area (Å²) in [4.78, 5) is 36.0. The average Bonchev–Trinajstić information content (AvgIpc) is 2.75. The standard InChI is InChI=1S/C22H27N3O6S/c1-5-15(3)25-32(29,30)18-11-9-17(10-12-18)21(27)31-13-20(26)24-22(28)23-19-8-6-7-14(2)16(19)4/h6-12,15,25H,5,13H2,1-4H3,(H2,23,24,26,28). The van der Waals surface area contributed by atoms with E-state index in [0.29, 0.717) is 12.1 Å². The van der Waals surface area contributed by atoms with Crippen molar-refractivity contribution in [3.05, 3.63) is 59.2 Å². The van der Waals surface area contributed by atoms with Gasteiger partial charge in [-0.25, -0.2) is 22.7 Å². The Hall–Kier alpha value is -3.24. The largest absolute Gasteiger partial charge is 0.452 e. The SMILES string of the molecule is CCC(C)NS(=O)(=O)c1ccc(C(=O)OCC(=O)NC(=O)Nc2cccc(C)c2C)cc1. The van der Waals surface area contributed by atoms with E-state index in [-0.39, 0.29) is 16.5 Å². The molecule has 0 saturated carbocycles. The fourth-order valence-electron chi connectivity index (χ4n) is 2.60. The van der Waals surface area contributed by atoms with Crippen LogP contribution in [-0.4, -0.2) is 39.0 Å². The Morgan fingerprint density at radius 1 is 1.03 bits per heavy atom. The summed E-state index contributed by atoms with van der Waals surface area (Å²) in [5.41, 5.74) is 2.48. The lowest BCUT2D eigenvalue weighted by molar-refractivity contribution is -0.123. The van der Waals surface area contributed by atoms with Crippen molar-refractivity contribution >= 4 is 33.6 Å². The van der Waals surface area contributed by atoms with Crippen molar-refractivity contribution in [1.29, 1.82) is 0 Å². The lowest BCUT2D eigenvalue weighted by atomic mass is 10.1. The van der Waals surface area contributed by atoms with E-state index >= 15 is 0 Å². The molecule has 10 heteroatoms. The number of rotatable bonds is 8. The van der Waals surface area contributed by atoms with Crippen LogP contribution in [0, 0.1) is 13.8 Å². The summed E-state index contributed by atoms with van der Waals surface area (Å²) in [6.07, 6.45) is 0.633. The Labute approximate surface area is 187 Å². The highest BCUT2D eigenvalue weighted by molar-refractivity contribution is 7.89. The third-order valence-corrected chi connectivity index (χ3v) is 6.41. The van der Waals surface area contributed by atoms with Crippen molar-refractivity contribution in [2.45, 2.75) is 45.1 Å². The quantitative estimate of drug-likeness (QED) is 0.518. The molecule has 0 aliphatic heterocycles. The van der Waals surface area contributed by atoms with Gasteiger partial charge in [0.25, 0.3) is 5.91 Å². The highest BCUT2D eigenvalue weighted by Gasteiger charge is 2.18. The van der Waals surface area contributed by atoms with Gasteiger partial charge in [-0.3, -0.25) is 10.1 Å². The fourth-order valence-corrected chi connectivity index (χ4v) is 3.93. The molecule has 0 saturated heterocycles. The number of carbonyl (C=O) groups excluding carboxylic acids is 3. The molecule has 1 atom stereocenters. The Balaban J connectivity index is 1.88. The molecule has 0 bridgehead atoms. The summed E-state index contributed by atoms with van der Waals surface area (Å²) >= 11 is 0. The molecule has 0 aliphatic rings. The number of nitrogens with one attached hydrogen (secondary N) is 3. The van der Waals surface area contributed by atoms with Gasteiger partial charge in [-0.1, -0.05) is 19.1 Å². The molecule has 2 rings (SSSR count). The number of carbonyl (C=O) groups is 3. The molecule has 2 aromatic rings. The van der Waals surface area contributed by atoms with Gasteiger partial charge < -0.3 is 10.1 Å². The second-order valence-electron chi connectivity index (χ2n) is 7.28. The number of imide groups is 1. The molecule has 0 aromatic heterocycles. The smallest absolute Gasteiger partial charge is 0.338 e. The van der Waals surface area contributed by atoms with Gasteiger partial charge in [0.05, 0.1) is 10.5 Å². The molecule has 1 unspecified atom stereocenters. The maximum Gasteiger partial charge on any atom is 0.338 e. The number of hydrogen-bond acceptors (Lipinski definition) is 6. The zero-order valence-corrected chi connectivity index (χ0v) is 19.2. The minimum atomic E-state index is -3.70. The molecule has 0 spiro atoms. The van der Waals surface area contributed by atoms with E-state index in [0.717, 1.165) is 11.1 Å². The minimum Gasteiger partial charge on any atom is -0.452 e. The van der Waals surface area contributed by atoms with Crippen LogP contribution in [-0.2, 0) is 19.6 Å². The van der Waals surface area contributed by atoms with Gasteiger partial charge in [0.15, 0.2) is 6.61 Å². The van der Waals surface area contributed by atoms with Crippen LogP contribution < -0.4 is 15.4 Å². The van der Waals surface area contributed by atoms with Crippen LogP contribution in [0.25, 0.3) is 0 Å². The molecular weight excluding hydrogens is 434 g/mol. The molecule has 0 heterocycles. The predicted octanol–water partition coefficient (Wildman–Crippen LogP) is 2.89. The summed E-state index contributed by atoms with van der Waals surface area (Å²) in [6, 6.07) is 9.54. The van der Waals surface area contributed by atoms with Crippen LogP contribution in [0.2, 0.25) is 0 Å². The van der Waals surface area contributed by atoms with Crippen molar-refractivity contribution < 1.29 is 27.5 Å². The van der Waals surface area contributed by atoms with Gasteiger partial charge in [0.1, 0.15) is 0 Å². The van der Waals surface area contributed by atoms with Crippen molar-refractivity contribution in [1.82, 2.24) is 10.0 Å². The van der Waals surface area contributed by atoms with Crippen LogP contribution in [0.15, 0.2) is 47.4 Å². The number of aryl methyl sites for hydroxylation is 1. The summed E-state index contributed by atoms with van der Waals surface area (Å²) in [6.45, 7) is 6.67. The van der Waals surface area contributed by atoms with Crippen molar-refractivity contribution in [2.24, 2.45) is 0 Å². The summed E-state index contributed by atoms with van der Waals surface area (Å²) < 4.78 is 31.9. The van der Waals surface area contributed by atoms with Gasteiger partial charge >= 0.3 is 12.0 Å². The number of benzene rings is 2. The number of urea groups is 1. The van der Waals surface area contributed by atoms with Crippen LogP contribution in [0.3, 0.4) is 0 Å². The first-order valence-corrected chi connectivity index (χ1v) is 11.5. The molecule has 0 aliphatic carbocycles. The van der Waals surface area contributed by atoms with E-state index in [9.17, 15) is 22.8 Å². The van der Waals surface area contributed by atoms with E-state index in [1.54, 1.807) is 19.1 Å².